The van der Waals surface area contributed by atoms with Gasteiger partial charge in [0.2, 0.25) is 0 Å². The molecule has 130 valence electrons. The minimum atomic E-state index is -0.208. The maximum absolute atomic E-state index is 10.2. The predicted octanol–water partition coefficient (Wildman–Crippen LogP) is 2.83. The van der Waals surface area contributed by atoms with Gasteiger partial charge in [-0.15, -0.1) is 0 Å². The Kier molecular flexibility index (Phi) is 4.31. The molecule has 3 aromatic rings. The number of aromatic amines is 1. The second-order valence-electron chi connectivity index (χ2n) is 6.79. The number of H-pyrrole nitrogens is 1. The van der Waals surface area contributed by atoms with Crippen LogP contribution in [-0.2, 0) is 6.42 Å². The van der Waals surface area contributed by atoms with Crippen LogP contribution in [0, 0.1) is 5.41 Å². The van der Waals surface area contributed by atoms with Crippen LogP contribution in [0.3, 0.4) is 0 Å². The van der Waals surface area contributed by atoms with E-state index < -0.39 is 0 Å². The molecule has 4 rings (SSSR count). The van der Waals surface area contributed by atoms with Gasteiger partial charge in [-0.3, -0.25) is 0 Å². The van der Waals surface area contributed by atoms with Gasteiger partial charge in [-0.1, -0.05) is 23.7 Å². The Hall–Kier alpha value is -2.18. The summed E-state index contributed by atoms with van der Waals surface area (Å²) in [5, 5.41) is 10.9. The van der Waals surface area contributed by atoms with E-state index in [9.17, 15) is 5.11 Å². The Morgan fingerprint density at radius 3 is 3.04 bits per heavy atom. The molecule has 0 unspecified atom stereocenters. The molecule has 3 heterocycles. The van der Waals surface area contributed by atoms with Crippen molar-refractivity contribution in [1.29, 1.82) is 0 Å². The Morgan fingerprint density at radius 1 is 1.28 bits per heavy atom. The minimum Gasteiger partial charge on any atom is -0.396 e. The molecule has 0 saturated carbocycles. The summed E-state index contributed by atoms with van der Waals surface area (Å²) in [7, 11) is 0. The summed E-state index contributed by atoms with van der Waals surface area (Å²) in [6.45, 7) is 1.77. The number of fused-ring (bicyclic) bond motifs is 1. The predicted molar refractivity (Wildman–Crippen MR) is 97.8 cm³/mol. The fraction of sp³-hybridized carbons (Fsp3) is 0.389. The molecule has 0 spiro atoms. The summed E-state index contributed by atoms with van der Waals surface area (Å²) in [6, 6.07) is 7.89. The van der Waals surface area contributed by atoms with Crippen molar-refractivity contribution in [2.24, 2.45) is 5.41 Å². The summed E-state index contributed by atoms with van der Waals surface area (Å²) in [6.07, 6.45) is 5.95. The van der Waals surface area contributed by atoms with Crippen molar-refractivity contribution < 1.29 is 5.11 Å². The standard InChI is InChI=1S/C18H20ClN5O/c19-14-4-1-3-13(7-14)8-18(10-25)5-2-6-24(9-18)17-15-16(21-11-20-15)22-12-23-17/h1,3-4,7,11-12,25H,2,5-6,8-10H2,(H,20,21,22,23)/t18-/m0/s1. The molecule has 25 heavy (non-hydrogen) atoms. The number of hydrogen-bond donors (Lipinski definition) is 2. The number of anilines is 1. The third-order valence-electron chi connectivity index (χ3n) is 4.97. The van der Waals surface area contributed by atoms with E-state index in [0.29, 0.717) is 5.65 Å². The lowest BCUT2D eigenvalue weighted by molar-refractivity contribution is 0.105. The summed E-state index contributed by atoms with van der Waals surface area (Å²) in [5.74, 6) is 0.853. The Bertz CT molecular complexity index is 883. The Labute approximate surface area is 150 Å². The maximum atomic E-state index is 10.2. The summed E-state index contributed by atoms with van der Waals surface area (Å²) >= 11 is 6.13. The molecule has 1 aliphatic heterocycles. The van der Waals surface area contributed by atoms with Crippen LogP contribution in [0.4, 0.5) is 5.82 Å². The van der Waals surface area contributed by atoms with Crippen LogP contribution < -0.4 is 4.90 Å². The van der Waals surface area contributed by atoms with E-state index in [1.165, 1.54) is 0 Å². The molecule has 0 amide bonds. The highest BCUT2D eigenvalue weighted by Gasteiger charge is 2.36. The molecule has 0 aliphatic carbocycles. The van der Waals surface area contributed by atoms with Crippen molar-refractivity contribution in [3.05, 3.63) is 47.5 Å². The van der Waals surface area contributed by atoms with Gasteiger partial charge in [-0.25, -0.2) is 15.0 Å². The number of hydrogen-bond acceptors (Lipinski definition) is 5. The highest BCUT2D eigenvalue weighted by Crippen LogP contribution is 2.36. The normalized spacial score (nSPS) is 21.0. The number of benzene rings is 1. The second-order valence-corrected chi connectivity index (χ2v) is 7.22. The first kappa shape index (κ1) is 16.3. The zero-order valence-electron chi connectivity index (χ0n) is 13.8. The number of halogens is 1. The van der Waals surface area contributed by atoms with Crippen LogP contribution in [0.2, 0.25) is 5.02 Å². The van der Waals surface area contributed by atoms with E-state index in [1.54, 1.807) is 12.7 Å². The Balaban J connectivity index is 1.63. The fourth-order valence-corrected chi connectivity index (χ4v) is 4.00. The number of piperidine rings is 1. The van der Waals surface area contributed by atoms with Crippen LogP contribution in [0.25, 0.3) is 11.2 Å². The molecule has 1 fully saturated rings. The van der Waals surface area contributed by atoms with Gasteiger partial charge in [-0.2, -0.15) is 0 Å². The topological polar surface area (TPSA) is 77.9 Å². The Morgan fingerprint density at radius 2 is 2.20 bits per heavy atom. The molecule has 1 atom stereocenters. The van der Waals surface area contributed by atoms with Gasteiger partial charge in [0.1, 0.15) is 11.8 Å². The summed E-state index contributed by atoms with van der Waals surface area (Å²) in [5.41, 5.74) is 2.46. The largest absolute Gasteiger partial charge is 0.396 e. The number of imidazole rings is 1. The number of rotatable bonds is 4. The van der Waals surface area contributed by atoms with Gasteiger partial charge in [0.15, 0.2) is 11.5 Å². The first-order chi connectivity index (χ1) is 12.2. The molecule has 0 bridgehead atoms. The maximum Gasteiger partial charge on any atom is 0.182 e. The van der Waals surface area contributed by atoms with Gasteiger partial charge >= 0.3 is 0 Å². The third-order valence-corrected chi connectivity index (χ3v) is 5.20. The smallest absolute Gasteiger partial charge is 0.182 e. The van der Waals surface area contributed by atoms with Crippen molar-refractivity contribution in [2.45, 2.75) is 19.3 Å². The van der Waals surface area contributed by atoms with Crippen LogP contribution in [0.15, 0.2) is 36.9 Å². The summed E-state index contributed by atoms with van der Waals surface area (Å²) in [4.78, 5) is 18.2. The van der Waals surface area contributed by atoms with Crippen molar-refractivity contribution in [2.75, 3.05) is 24.6 Å². The van der Waals surface area contributed by atoms with Crippen molar-refractivity contribution in [3.63, 3.8) is 0 Å². The lowest BCUT2D eigenvalue weighted by atomic mass is 9.75. The molecule has 2 N–H and O–H groups in total. The van der Waals surface area contributed by atoms with Gasteiger partial charge in [0.05, 0.1) is 12.9 Å². The van der Waals surface area contributed by atoms with E-state index in [0.717, 1.165) is 54.3 Å². The SMILES string of the molecule is OC[C@]1(Cc2cccc(Cl)c2)CCCN(c2ncnc3nc[nH]c23)C1. The third kappa shape index (κ3) is 3.19. The zero-order chi connectivity index (χ0) is 17.3. The van der Waals surface area contributed by atoms with Crippen molar-refractivity contribution >= 4 is 28.6 Å². The van der Waals surface area contributed by atoms with Crippen molar-refractivity contribution in [1.82, 2.24) is 19.9 Å². The lowest BCUT2D eigenvalue weighted by Crippen LogP contribution is -2.47. The van der Waals surface area contributed by atoms with Gasteiger partial charge < -0.3 is 15.0 Å². The van der Waals surface area contributed by atoms with E-state index in [-0.39, 0.29) is 12.0 Å². The average Bonchev–Trinajstić information content (AvgIpc) is 3.10. The highest BCUT2D eigenvalue weighted by atomic mass is 35.5. The van der Waals surface area contributed by atoms with Crippen molar-refractivity contribution in [3.8, 4) is 0 Å². The average molecular weight is 358 g/mol. The molecule has 1 saturated heterocycles. The highest BCUT2D eigenvalue weighted by molar-refractivity contribution is 6.30. The molecule has 1 aromatic carbocycles. The number of aromatic nitrogens is 4. The molecule has 0 radical (unpaired) electrons. The first-order valence-corrected chi connectivity index (χ1v) is 8.81. The van der Waals surface area contributed by atoms with Gasteiger partial charge in [0, 0.05) is 23.5 Å². The number of nitrogens with zero attached hydrogens (tertiary/aromatic N) is 4. The number of aliphatic hydroxyl groups is 1. The molecule has 7 heteroatoms. The number of aliphatic hydroxyl groups excluding tert-OH is 1. The fourth-order valence-electron chi connectivity index (χ4n) is 3.79. The van der Waals surface area contributed by atoms with E-state index in [4.69, 9.17) is 11.6 Å². The quantitative estimate of drug-likeness (QED) is 0.750. The first-order valence-electron chi connectivity index (χ1n) is 8.43. The van der Waals surface area contributed by atoms with Crippen LogP contribution in [0.1, 0.15) is 18.4 Å². The second kappa shape index (κ2) is 6.61. The van der Waals surface area contributed by atoms with E-state index >= 15 is 0 Å². The van der Waals surface area contributed by atoms with Gasteiger partial charge in [-0.05, 0) is 37.0 Å². The van der Waals surface area contributed by atoms with Gasteiger partial charge in [0.25, 0.3) is 0 Å². The minimum absolute atomic E-state index is 0.132. The lowest BCUT2D eigenvalue weighted by Gasteiger charge is -2.42. The molecular weight excluding hydrogens is 338 g/mol. The molecule has 2 aromatic heterocycles. The van der Waals surface area contributed by atoms with Crippen LogP contribution in [0.5, 0.6) is 0 Å². The molecule has 1 aliphatic rings. The van der Waals surface area contributed by atoms with E-state index in [1.807, 2.05) is 18.2 Å². The van der Waals surface area contributed by atoms with Crippen LogP contribution >= 0.6 is 11.6 Å². The monoisotopic (exact) mass is 357 g/mol. The molecule has 6 nitrogen and oxygen atoms in total. The summed E-state index contributed by atoms with van der Waals surface area (Å²) < 4.78 is 0. The molecular formula is C18H20ClN5O. The number of nitrogens with one attached hydrogen (secondary N) is 1. The zero-order valence-corrected chi connectivity index (χ0v) is 14.6. The van der Waals surface area contributed by atoms with Crippen LogP contribution in [-0.4, -0.2) is 44.7 Å². The van der Waals surface area contributed by atoms with E-state index in [2.05, 4.69) is 30.9 Å².